The van der Waals surface area contributed by atoms with Crippen molar-refractivity contribution in [2.24, 2.45) is 5.41 Å². The number of anilines is 2. The number of fused-ring (bicyclic) bond motifs is 1. The molecule has 334 valence electrons. The van der Waals surface area contributed by atoms with Crippen molar-refractivity contribution in [1.29, 1.82) is 5.26 Å². The summed E-state index contributed by atoms with van der Waals surface area (Å²) >= 11 is 0. The molecule has 1 saturated carbocycles. The number of benzene rings is 1. The molecule has 4 aromatic heterocycles. The zero-order valence-electron chi connectivity index (χ0n) is 37.0. The van der Waals surface area contributed by atoms with E-state index in [1.807, 2.05) is 50.6 Å². The lowest BCUT2D eigenvalue weighted by Crippen LogP contribution is -2.50. The van der Waals surface area contributed by atoms with Gasteiger partial charge in [-0.25, -0.2) is 13.9 Å². The monoisotopic (exact) mass is 867 g/mol. The number of aromatic nitrogens is 5. The van der Waals surface area contributed by atoms with Gasteiger partial charge in [-0.3, -0.25) is 24.4 Å². The minimum Gasteiger partial charge on any atom is -0.374 e. The maximum absolute atomic E-state index is 15.4. The van der Waals surface area contributed by atoms with E-state index in [1.165, 1.54) is 6.07 Å². The Balaban J connectivity index is 0.816. The number of hydrogen-bond acceptors (Lipinski definition) is 10. The van der Waals surface area contributed by atoms with Crippen molar-refractivity contribution in [3.8, 4) is 28.3 Å². The number of carbonyl (C=O) groups excluding carboxylic acids is 3. The fraction of sp³-hybridized carbons (Fsp3) is 0.490. The number of imide groups is 1. The fourth-order valence-electron chi connectivity index (χ4n) is 10.6. The first kappa shape index (κ1) is 43.1. The molecule has 3 saturated heterocycles. The molecule has 3 aliphatic heterocycles. The van der Waals surface area contributed by atoms with Crippen LogP contribution >= 0.6 is 0 Å². The second-order valence-corrected chi connectivity index (χ2v) is 18.6. The van der Waals surface area contributed by atoms with E-state index in [0.717, 1.165) is 123 Å². The number of rotatable bonds is 11. The molecule has 0 unspecified atom stereocenters. The van der Waals surface area contributed by atoms with Gasteiger partial charge in [0, 0.05) is 78.1 Å². The van der Waals surface area contributed by atoms with Crippen molar-refractivity contribution in [2.45, 2.75) is 121 Å². The van der Waals surface area contributed by atoms with Crippen LogP contribution in [0.25, 0.3) is 27.8 Å². The molecule has 5 aromatic rings. The topological polar surface area (TPSA) is 166 Å². The van der Waals surface area contributed by atoms with E-state index < -0.39 is 6.04 Å². The number of pyridine rings is 2. The Bertz CT molecular complexity index is 2550. The van der Waals surface area contributed by atoms with Gasteiger partial charge in [0.1, 0.15) is 23.7 Å². The third kappa shape index (κ3) is 8.72. The van der Waals surface area contributed by atoms with Crippen LogP contribution in [0.2, 0.25) is 0 Å². The molecule has 4 fully saturated rings. The van der Waals surface area contributed by atoms with Gasteiger partial charge in [-0.1, -0.05) is 13.0 Å². The maximum atomic E-state index is 15.4. The average Bonchev–Trinajstić information content (AvgIpc) is 3.98. The second kappa shape index (κ2) is 18.2. The van der Waals surface area contributed by atoms with E-state index in [1.54, 1.807) is 10.7 Å². The Morgan fingerprint density at radius 1 is 0.906 bits per heavy atom. The van der Waals surface area contributed by atoms with Gasteiger partial charge in [-0.2, -0.15) is 15.5 Å². The van der Waals surface area contributed by atoms with Crippen molar-refractivity contribution in [3.05, 3.63) is 84.3 Å². The highest BCUT2D eigenvalue weighted by molar-refractivity contribution is 6.01. The lowest BCUT2D eigenvalue weighted by molar-refractivity contribution is -0.134. The number of likely N-dealkylation sites (tertiary alicyclic amines) is 1. The summed E-state index contributed by atoms with van der Waals surface area (Å²) < 4.78 is 19.3. The summed E-state index contributed by atoms with van der Waals surface area (Å²) in [5, 5.41) is 28.0. The van der Waals surface area contributed by atoms with Crippen LogP contribution in [-0.4, -0.2) is 91.3 Å². The summed E-state index contributed by atoms with van der Waals surface area (Å²) in [5.41, 5.74) is 5.85. The number of nitriles is 1. The van der Waals surface area contributed by atoms with Gasteiger partial charge in [0.2, 0.25) is 17.7 Å². The summed E-state index contributed by atoms with van der Waals surface area (Å²) in [4.78, 5) is 46.5. The molecular weight excluding hydrogens is 810 g/mol. The second-order valence-electron chi connectivity index (χ2n) is 18.6. The van der Waals surface area contributed by atoms with Gasteiger partial charge in [-0.15, -0.1) is 0 Å². The fourth-order valence-corrected chi connectivity index (χ4v) is 10.6. The third-order valence-electron chi connectivity index (χ3n) is 14.5. The van der Waals surface area contributed by atoms with E-state index in [-0.39, 0.29) is 47.3 Å². The first-order valence-electron chi connectivity index (χ1n) is 23.1. The predicted octanol–water partition coefficient (Wildman–Crippen LogP) is 7.37. The van der Waals surface area contributed by atoms with E-state index in [4.69, 9.17) is 10.1 Å². The van der Waals surface area contributed by atoms with Crippen molar-refractivity contribution < 1.29 is 18.8 Å². The molecule has 1 aromatic carbocycles. The Labute approximate surface area is 373 Å². The molecular formula is C49H58FN11O3. The molecule has 0 spiro atoms. The van der Waals surface area contributed by atoms with Crippen molar-refractivity contribution in [1.82, 2.24) is 39.9 Å². The van der Waals surface area contributed by atoms with Crippen LogP contribution in [0, 0.1) is 22.6 Å². The summed E-state index contributed by atoms with van der Waals surface area (Å²) in [6.45, 7) is 9.49. The van der Waals surface area contributed by atoms with Crippen molar-refractivity contribution in [2.75, 3.05) is 36.4 Å². The van der Waals surface area contributed by atoms with Gasteiger partial charge < -0.3 is 20.4 Å². The zero-order chi connectivity index (χ0) is 44.5. The minimum atomic E-state index is -0.544. The van der Waals surface area contributed by atoms with E-state index >= 15 is 4.39 Å². The number of nitrogens with one attached hydrogen (secondary N) is 3. The van der Waals surface area contributed by atoms with Crippen molar-refractivity contribution >= 4 is 34.7 Å². The molecule has 9 rings (SSSR count). The molecule has 1 atom stereocenters. The maximum Gasteiger partial charge on any atom is 0.249 e. The van der Waals surface area contributed by atoms with Crippen LogP contribution in [0.4, 0.5) is 15.9 Å². The summed E-state index contributed by atoms with van der Waals surface area (Å²) in [6.07, 6.45) is 18.5. The summed E-state index contributed by atoms with van der Waals surface area (Å²) in [7, 11) is 0. The molecule has 64 heavy (non-hydrogen) atoms. The van der Waals surface area contributed by atoms with Gasteiger partial charge in [0.15, 0.2) is 0 Å². The Morgan fingerprint density at radius 3 is 2.34 bits per heavy atom. The summed E-state index contributed by atoms with van der Waals surface area (Å²) in [5.74, 6) is 0.280. The number of halogens is 1. The molecule has 14 nitrogen and oxygen atoms in total. The largest absolute Gasteiger partial charge is 0.374 e. The Morgan fingerprint density at radius 2 is 1.67 bits per heavy atom. The first-order valence-corrected chi connectivity index (χ1v) is 23.1. The lowest BCUT2D eigenvalue weighted by atomic mass is 9.75. The minimum absolute atomic E-state index is 0.114. The number of piperidine rings is 3. The van der Waals surface area contributed by atoms with Crippen LogP contribution in [0.5, 0.6) is 0 Å². The first-order chi connectivity index (χ1) is 31.0. The smallest absolute Gasteiger partial charge is 0.249 e. The number of hydrogen-bond donors (Lipinski definition) is 3. The number of nitrogens with zero attached hydrogens (tertiary/aromatic N) is 8. The average molecular weight is 868 g/mol. The van der Waals surface area contributed by atoms with E-state index in [2.05, 4.69) is 66.9 Å². The number of amides is 3. The van der Waals surface area contributed by atoms with Crippen LogP contribution < -0.4 is 20.9 Å². The van der Waals surface area contributed by atoms with E-state index in [0.29, 0.717) is 29.8 Å². The molecule has 4 aliphatic rings. The van der Waals surface area contributed by atoms with Gasteiger partial charge in [0.05, 0.1) is 34.9 Å². The molecule has 1 aliphatic carbocycles. The quantitative estimate of drug-likeness (QED) is 0.114. The standard InChI is InChI=1S/C49H58FN11O3/c1-4-49(48(64)55-31(2)3)17-21-59(22-18-49)44-13-5-33(26-52-44)41-23-34(29-61-46(41)35(25-51)27-54-61)36-28-53-60(30-36)39-9-7-38(8-10-39)58-19-15-32(16-20-58)40-11-6-37(24-42(40)50)56-43-12-14-45(62)57-47(43)63/h5-6,11,13,23-24,26-32,38-39,43,56H,4,7-10,12,14-22H2,1-3H3,(H,55,64)(H,57,62,63)/t38?,39?,43-/m1/s1. The normalized spacial score (nSPS) is 22.1. The highest BCUT2D eigenvalue weighted by atomic mass is 19.1. The van der Waals surface area contributed by atoms with Gasteiger partial charge in [0.25, 0.3) is 0 Å². The molecule has 3 N–H and O–H groups in total. The van der Waals surface area contributed by atoms with Crippen molar-refractivity contribution in [3.63, 3.8) is 0 Å². The Hall–Kier alpha value is -6.14. The SMILES string of the molecule is CCC1(C(=O)NC(C)C)CCN(c2ccc(-c3cc(-c4cnn(C5CCC(N6CCC(c7ccc(N[C@@H]8CCC(=O)NC8=O)cc7F)CC6)CC5)c4)cn4ncc(C#N)c34)cn2)CC1. The van der Waals surface area contributed by atoms with Gasteiger partial charge >= 0.3 is 0 Å². The molecule has 0 bridgehead atoms. The van der Waals surface area contributed by atoms with Crippen LogP contribution in [0.1, 0.15) is 114 Å². The van der Waals surface area contributed by atoms with Crippen LogP contribution in [0.15, 0.2) is 67.4 Å². The molecule has 3 amide bonds. The molecule has 0 radical (unpaired) electrons. The Kier molecular flexibility index (Phi) is 12.2. The lowest BCUT2D eigenvalue weighted by Gasteiger charge is -2.41. The highest BCUT2D eigenvalue weighted by Crippen LogP contribution is 2.39. The molecule has 15 heteroatoms. The van der Waals surface area contributed by atoms with Crippen LogP contribution in [0.3, 0.4) is 0 Å². The van der Waals surface area contributed by atoms with Gasteiger partial charge in [-0.05, 0) is 133 Å². The summed E-state index contributed by atoms with van der Waals surface area (Å²) in [6, 6.07) is 14.1. The number of carbonyl (C=O) groups is 3. The third-order valence-corrected chi connectivity index (χ3v) is 14.5. The predicted molar refractivity (Wildman–Crippen MR) is 243 cm³/mol. The van der Waals surface area contributed by atoms with E-state index in [9.17, 15) is 19.6 Å². The zero-order valence-corrected chi connectivity index (χ0v) is 37.0. The van der Waals surface area contributed by atoms with Crippen LogP contribution in [-0.2, 0) is 14.4 Å². The molecule has 7 heterocycles. The highest BCUT2D eigenvalue weighted by Gasteiger charge is 2.40.